The maximum atomic E-state index is 12.4. The number of ether oxygens (including phenoxy) is 1. The predicted molar refractivity (Wildman–Crippen MR) is 63.5 cm³/mol. The van der Waals surface area contributed by atoms with Crippen molar-refractivity contribution in [1.82, 2.24) is 4.90 Å². The summed E-state index contributed by atoms with van der Waals surface area (Å²) in [6.45, 7) is 3.68. The molecule has 2 aliphatic heterocycles. The largest absolute Gasteiger partial charge is 0.394 e. The number of aliphatic hydroxyl groups is 1. The van der Waals surface area contributed by atoms with Gasteiger partial charge in [-0.05, 0) is 25.5 Å². The summed E-state index contributed by atoms with van der Waals surface area (Å²) in [5.74, 6) is 1.24. The second-order valence-electron chi connectivity index (χ2n) is 4.59. The minimum Gasteiger partial charge on any atom is -0.394 e. The summed E-state index contributed by atoms with van der Waals surface area (Å²) in [5, 5.41) is 9.26. The van der Waals surface area contributed by atoms with Crippen molar-refractivity contribution in [2.45, 2.75) is 30.6 Å². The van der Waals surface area contributed by atoms with Gasteiger partial charge in [-0.15, -0.1) is 11.8 Å². The van der Waals surface area contributed by atoms with Gasteiger partial charge in [0.25, 0.3) is 0 Å². The Bertz CT molecular complexity index is 266. The van der Waals surface area contributed by atoms with E-state index in [4.69, 9.17) is 4.74 Å². The SMILES string of the molecule is CC1(C(=O)N2CCOCC2CO)CCCS1. The Morgan fingerprint density at radius 2 is 2.50 bits per heavy atom. The smallest absolute Gasteiger partial charge is 0.239 e. The van der Waals surface area contributed by atoms with Crippen LogP contribution in [0.2, 0.25) is 0 Å². The number of carbonyl (C=O) groups excluding carboxylic acids is 1. The van der Waals surface area contributed by atoms with E-state index in [9.17, 15) is 9.90 Å². The molecule has 0 aromatic rings. The highest BCUT2D eigenvalue weighted by Gasteiger charge is 2.42. The third-order valence-corrected chi connectivity index (χ3v) is 4.88. The summed E-state index contributed by atoms with van der Waals surface area (Å²) in [6, 6.07) is -0.153. The Kier molecular flexibility index (Phi) is 3.77. The summed E-state index contributed by atoms with van der Waals surface area (Å²) in [7, 11) is 0. The van der Waals surface area contributed by atoms with Crippen molar-refractivity contribution >= 4 is 17.7 Å². The molecule has 2 saturated heterocycles. The number of hydrogen-bond acceptors (Lipinski definition) is 4. The van der Waals surface area contributed by atoms with E-state index in [1.807, 2.05) is 11.8 Å². The highest BCUT2D eigenvalue weighted by atomic mass is 32.2. The second kappa shape index (κ2) is 4.94. The molecule has 0 radical (unpaired) electrons. The molecule has 4 nitrogen and oxygen atoms in total. The van der Waals surface area contributed by atoms with Crippen molar-refractivity contribution < 1.29 is 14.6 Å². The van der Waals surface area contributed by atoms with E-state index >= 15 is 0 Å². The molecule has 0 aromatic carbocycles. The summed E-state index contributed by atoms with van der Waals surface area (Å²) >= 11 is 1.75. The van der Waals surface area contributed by atoms with Crippen LogP contribution in [-0.4, -0.2) is 58.8 Å². The molecule has 2 unspecified atom stereocenters. The van der Waals surface area contributed by atoms with Gasteiger partial charge in [-0.25, -0.2) is 0 Å². The van der Waals surface area contributed by atoms with E-state index in [1.165, 1.54) is 0 Å². The molecule has 1 N–H and O–H groups in total. The fraction of sp³-hybridized carbons (Fsp3) is 0.909. The molecule has 16 heavy (non-hydrogen) atoms. The lowest BCUT2D eigenvalue weighted by Crippen LogP contribution is -2.55. The summed E-state index contributed by atoms with van der Waals surface area (Å²) < 4.78 is 5.02. The summed E-state index contributed by atoms with van der Waals surface area (Å²) in [5.41, 5.74) is 0. The summed E-state index contributed by atoms with van der Waals surface area (Å²) in [4.78, 5) is 14.2. The van der Waals surface area contributed by atoms with Crippen LogP contribution in [0.1, 0.15) is 19.8 Å². The number of hydrogen-bond donors (Lipinski definition) is 1. The topological polar surface area (TPSA) is 49.8 Å². The van der Waals surface area contributed by atoms with Gasteiger partial charge in [-0.2, -0.15) is 0 Å². The number of rotatable bonds is 2. The van der Waals surface area contributed by atoms with E-state index in [0.717, 1.165) is 18.6 Å². The molecule has 2 aliphatic rings. The maximum absolute atomic E-state index is 12.4. The predicted octanol–water partition coefficient (Wildman–Crippen LogP) is 0.492. The van der Waals surface area contributed by atoms with Crippen LogP contribution in [0.25, 0.3) is 0 Å². The van der Waals surface area contributed by atoms with Gasteiger partial charge in [-0.1, -0.05) is 0 Å². The third kappa shape index (κ3) is 2.21. The van der Waals surface area contributed by atoms with Crippen LogP contribution in [0.15, 0.2) is 0 Å². The fourth-order valence-electron chi connectivity index (χ4n) is 2.32. The quantitative estimate of drug-likeness (QED) is 0.769. The third-order valence-electron chi connectivity index (χ3n) is 3.37. The zero-order valence-corrected chi connectivity index (χ0v) is 10.5. The fourth-order valence-corrected chi connectivity index (χ4v) is 3.59. The Hall–Kier alpha value is -0.260. The molecule has 0 saturated carbocycles. The van der Waals surface area contributed by atoms with Gasteiger partial charge in [0.1, 0.15) is 0 Å². The summed E-state index contributed by atoms with van der Waals surface area (Å²) in [6.07, 6.45) is 2.06. The zero-order valence-electron chi connectivity index (χ0n) is 9.65. The van der Waals surface area contributed by atoms with Gasteiger partial charge in [0, 0.05) is 6.54 Å². The molecule has 5 heteroatoms. The van der Waals surface area contributed by atoms with Crippen molar-refractivity contribution in [3.63, 3.8) is 0 Å². The van der Waals surface area contributed by atoms with Gasteiger partial charge in [0.05, 0.1) is 30.6 Å². The van der Waals surface area contributed by atoms with E-state index in [-0.39, 0.29) is 23.3 Å². The lowest BCUT2D eigenvalue weighted by atomic mass is 10.0. The lowest BCUT2D eigenvalue weighted by Gasteiger charge is -2.38. The Morgan fingerprint density at radius 3 is 3.12 bits per heavy atom. The molecule has 1 amide bonds. The van der Waals surface area contributed by atoms with Crippen LogP contribution in [0.3, 0.4) is 0 Å². The molecule has 0 spiro atoms. The van der Waals surface area contributed by atoms with Crippen molar-refractivity contribution in [3.05, 3.63) is 0 Å². The number of nitrogens with zero attached hydrogens (tertiary/aromatic N) is 1. The monoisotopic (exact) mass is 245 g/mol. The van der Waals surface area contributed by atoms with E-state index in [2.05, 4.69) is 0 Å². The molecule has 0 aliphatic carbocycles. The zero-order chi connectivity index (χ0) is 11.6. The molecule has 2 fully saturated rings. The molecular formula is C11H19NO3S. The van der Waals surface area contributed by atoms with Crippen LogP contribution < -0.4 is 0 Å². The first kappa shape index (κ1) is 12.2. The molecule has 2 rings (SSSR count). The van der Waals surface area contributed by atoms with Crippen LogP contribution in [0.4, 0.5) is 0 Å². The molecule has 2 heterocycles. The molecule has 0 aromatic heterocycles. The molecule has 92 valence electrons. The van der Waals surface area contributed by atoms with Crippen molar-refractivity contribution in [3.8, 4) is 0 Å². The number of aliphatic hydroxyl groups excluding tert-OH is 1. The molecule has 2 atom stereocenters. The first-order valence-electron chi connectivity index (χ1n) is 5.81. The molecule has 0 bridgehead atoms. The minimum atomic E-state index is -0.273. The Morgan fingerprint density at radius 1 is 1.69 bits per heavy atom. The number of thioether (sulfide) groups is 1. The first-order chi connectivity index (χ1) is 7.67. The average molecular weight is 245 g/mol. The normalized spacial score (nSPS) is 35.4. The number of amides is 1. The standard InChI is InChI=1S/C11H19NO3S/c1-11(3-2-6-16-11)10(14)12-4-5-15-8-9(12)7-13/h9,13H,2-8H2,1H3. The van der Waals surface area contributed by atoms with E-state index < -0.39 is 0 Å². The molecular weight excluding hydrogens is 226 g/mol. The Balaban J connectivity index is 2.07. The highest BCUT2D eigenvalue weighted by molar-refractivity contribution is 8.01. The van der Waals surface area contributed by atoms with Crippen molar-refractivity contribution in [1.29, 1.82) is 0 Å². The van der Waals surface area contributed by atoms with Gasteiger partial charge in [-0.3, -0.25) is 4.79 Å². The lowest BCUT2D eigenvalue weighted by molar-refractivity contribution is -0.143. The minimum absolute atomic E-state index is 0.00745. The average Bonchev–Trinajstić information content (AvgIpc) is 2.76. The number of carbonyl (C=O) groups is 1. The van der Waals surface area contributed by atoms with Crippen LogP contribution in [0.5, 0.6) is 0 Å². The van der Waals surface area contributed by atoms with E-state index in [1.54, 1.807) is 11.8 Å². The number of morpholine rings is 1. The van der Waals surface area contributed by atoms with Crippen molar-refractivity contribution in [2.75, 3.05) is 32.1 Å². The second-order valence-corrected chi connectivity index (χ2v) is 6.19. The van der Waals surface area contributed by atoms with Crippen LogP contribution in [-0.2, 0) is 9.53 Å². The maximum Gasteiger partial charge on any atom is 0.239 e. The van der Waals surface area contributed by atoms with Gasteiger partial charge in [0.2, 0.25) is 5.91 Å². The first-order valence-corrected chi connectivity index (χ1v) is 6.79. The van der Waals surface area contributed by atoms with Gasteiger partial charge in [0.15, 0.2) is 0 Å². The van der Waals surface area contributed by atoms with Crippen LogP contribution >= 0.6 is 11.8 Å². The van der Waals surface area contributed by atoms with Crippen molar-refractivity contribution in [2.24, 2.45) is 0 Å². The highest BCUT2D eigenvalue weighted by Crippen LogP contribution is 2.39. The van der Waals surface area contributed by atoms with Crippen LogP contribution in [0, 0.1) is 0 Å². The Labute approximate surface area is 100 Å². The van der Waals surface area contributed by atoms with Gasteiger partial charge < -0.3 is 14.7 Å². The van der Waals surface area contributed by atoms with Gasteiger partial charge >= 0.3 is 0 Å². The van der Waals surface area contributed by atoms with E-state index in [0.29, 0.717) is 19.8 Å².